The van der Waals surface area contributed by atoms with E-state index in [0.29, 0.717) is 5.56 Å². The maximum atomic E-state index is 12.4. The van der Waals surface area contributed by atoms with Crippen LogP contribution in [0.15, 0.2) is 53.8 Å². The molecule has 1 aromatic heterocycles. The van der Waals surface area contributed by atoms with Gasteiger partial charge in [0.05, 0.1) is 25.0 Å². The second-order valence-electron chi connectivity index (χ2n) is 6.22. The van der Waals surface area contributed by atoms with Gasteiger partial charge in [0.25, 0.3) is 0 Å². The Labute approximate surface area is 188 Å². The number of carbonyl (C=O) groups excluding carboxylic acids is 1. The highest BCUT2D eigenvalue weighted by atomic mass is 32.1. The molecule has 1 heterocycles. The number of anilines is 2. The lowest BCUT2D eigenvalue weighted by atomic mass is 10.00. The fourth-order valence-corrected chi connectivity index (χ4v) is 2.97. The quantitative estimate of drug-likeness (QED) is 0.471. The van der Waals surface area contributed by atoms with E-state index in [2.05, 4.69) is 10.3 Å². The van der Waals surface area contributed by atoms with Gasteiger partial charge in [-0.05, 0) is 49.4 Å². The van der Waals surface area contributed by atoms with Crippen LogP contribution in [-0.4, -0.2) is 16.0 Å². The van der Waals surface area contributed by atoms with Gasteiger partial charge < -0.3 is 16.2 Å². The number of nitrogens with zero attached hydrogens (tertiary/aromatic N) is 1. The predicted molar refractivity (Wildman–Crippen MR) is 119 cm³/mol. The average Bonchev–Trinajstić information content (AvgIpc) is 3.28. The summed E-state index contributed by atoms with van der Waals surface area (Å²) in [5, 5.41) is 14.7. The van der Waals surface area contributed by atoms with E-state index in [4.69, 9.17) is 18.1 Å². The highest BCUT2D eigenvalue weighted by Gasteiger charge is 2.08. The van der Waals surface area contributed by atoms with Gasteiger partial charge in [-0.15, -0.1) is 11.3 Å². The molecule has 3 rings (SSSR count). The van der Waals surface area contributed by atoms with Crippen LogP contribution in [0.25, 0.3) is 0 Å². The highest BCUT2D eigenvalue weighted by Crippen LogP contribution is 2.21. The zero-order valence-corrected chi connectivity index (χ0v) is 16.6. The number of aromatic nitrogens is 1. The van der Waals surface area contributed by atoms with Crippen molar-refractivity contribution in [2.45, 2.75) is 45.0 Å². The molecule has 0 aliphatic rings. The van der Waals surface area contributed by atoms with Gasteiger partial charge in [0.1, 0.15) is 0 Å². The molecule has 3 aromatic rings. The summed E-state index contributed by atoms with van der Waals surface area (Å²) in [6.45, 7) is 1.40. The van der Waals surface area contributed by atoms with Crippen LogP contribution >= 0.6 is 11.3 Å². The molecule has 1 amide bonds. The van der Waals surface area contributed by atoms with Crippen LogP contribution in [0, 0.1) is 6.92 Å². The summed E-state index contributed by atoms with van der Waals surface area (Å²) in [7, 11) is 0. The van der Waals surface area contributed by atoms with Gasteiger partial charge in [0, 0.05) is 16.6 Å². The van der Waals surface area contributed by atoms with Gasteiger partial charge in [-0.1, -0.05) is 48.3 Å². The van der Waals surface area contributed by atoms with Crippen molar-refractivity contribution in [3.8, 4) is 0 Å². The molecule has 0 spiro atoms. The molecule has 0 unspecified atom stereocenters. The zero-order valence-electron chi connectivity index (χ0n) is 24.8. The first-order chi connectivity index (χ1) is 17.5. The van der Waals surface area contributed by atoms with Crippen LogP contribution in [0.1, 0.15) is 60.0 Å². The third-order valence-electron chi connectivity index (χ3n) is 3.88. The Morgan fingerprint density at radius 2 is 2.21 bits per heavy atom. The minimum absolute atomic E-state index is 0.0608. The van der Waals surface area contributed by atoms with Crippen LogP contribution in [-0.2, 0) is 17.6 Å². The van der Waals surface area contributed by atoms with Gasteiger partial charge in [0.2, 0.25) is 5.91 Å². The van der Waals surface area contributed by atoms with E-state index in [1.54, 1.807) is 12.1 Å². The Bertz CT molecular complexity index is 1320. The van der Waals surface area contributed by atoms with Gasteiger partial charge in [-0.25, -0.2) is 4.98 Å². The van der Waals surface area contributed by atoms with E-state index in [9.17, 15) is 9.90 Å². The lowest BCUT2D eigenvalue weighted by molar-refractivity contribution is -0.115. The summed E-state index contributed by atoms with van der Waals surface area (Å²) < 4.78 is 72.9. The first-order valence-electron chi connectivity index (χ1n) is 13.4. The predicted octanol–water partition coefficient (Wildman–Crippen LogP) is 4.66. The molecule has 4 N–H and O–H groups in total. The smallest absolute Gasteiger partial charge is 0.230 e. The molecule has 0 saturated heterocycles. The number of amides is 1. The van der Waals surface area contributed by atoms with Crippen molar-refractivity contribution < 1.29 is 22.2 Å². The van der Waals surface area contributed by atoms with Crippen molar-refractivity contribution in [2.24, 2.45) is 0 Å². The summed E-state index contributed by atoms with van der Waals surface area (Å²) in [5.74, 6) is -0.937. The number of nitrogen functional groups attached to an aromatic ring is 1. The molecule has 0 aliphatic heterocycles. The topological polar surface area (TPSA) is 88.2 Å². The Kier molecular flexibility index (Phi) is 4.25. The second kappa shape index (κ2) is 10.2. The Morgan fingerprint density at radius 3 is 2.93 bits per heavy atom. The monoisotopic (exact) mass is 418 g/mol. The normalized spacial score (nSPS) is 18.5. The number of thiazole rings is 1. The molecular formula is C23H27N3O2S. The zero-order chi connectivity index (χ0) is 28.6. The molecule has 29 heavy (non-hydrogen) atoms. The first-order valence-corrected chi connectivity index (χ1v) is 9.76. The number of hydrogen-bond donors (Lipinski definition) is 3. The number of aliphatic hydroxyl groups is 1. The van der Waals surface area contributed by atoms with E-state index < -0.39 is 48.8 Å². The standard InChI is InChI=1S/C23H27N3O2S/c1-16-5-4-7-18(13-16)21(27)8-3-2-6-17-9-11-19(12-10-17)25-22(28)14-20-15-29-23(24)26-20/h4-5,7,9-13,15,21,27H,2-3,6,8,14H2,1H3,(H2,24,26)(H,25,28)/t21-/m0/s1/i2D2,4D,5D,7D,13D,14D2,21D. The van der Waals surface area contributed by atoms with E-state index in [1.807, 2.05) is 0 Å². The Morgan fingerprint density at radius 1 is 1.41 bits per heavy atom. The molecule has 6 heteroatoms. The number of benzene rings is 2. The highest BCUT2D eigenvalue weighted by molar-refractivity contribution is 7.13. The maximum Gasteiger partial charge on any atom is 0.230 e. The molecule has 0 fully saturated rings. The minimum atomic E-state index is -2.50. The van der Waals surface area contributed by atoms with E-state index in [0.717, 1.165) is 11.3 Å². The van der Waals surface area contributed by atoms with E-state index >= 15 is 0 Å². The number of nitrogens with one attached hydrogen (secondary N) is 1. The lowest BCUT2D eigenvalue weighted by Crippen LogP contribution is -2.14. The molecule has 0 radical (unpaired) electrons. The first kappa shape index (κ1) is 12.1. The van der Waals surface area contributed by atoms with Crippen LogP contribution in [0.2, 0.25) is 0 Å². The summed E-state index contributed by atoms with van der Waals surface area (Å²) in [5.41, 5.74) is 5.89. The van der Waals surface area contributed by atoms with Crippen LogP contribution in [0.5, 0.6) is 0 Å². The lowest BCUT2D eigenvalue weighted by Gasteiger charge is -2.11. The van der Waals surface area contributed by atoms with Crippen molar-refractivity contribution in [3.05, 3.63) is 76.2 Å². The SMILES string of the molecule is [2H]c1c([2H])c(C)c([2H])c([C@@]([2H])(O)CCC([2H])([2H])Cc2ccc(NC(=O)C([2H])([2H])c3csc(N)n3)cc2)c1[2H]. The number of rotatable bonds is 9. The number of aryl methyl sites for hydroxylation is 1. The van der Waals surface area contributed by atoms with Crippen molar-refractivity contribution in [1.29, 1.82) is 0 Å². The van der Waals surface area contributed by atoms with Crippen molar-refractivity contribution in [1.82, 2.24) is 4.98 Å². The average molecular weight is 419 g/mol. The fourth-order valence-electron chi connectivity index (χ4n) is 2.48. The van der Waals surface area contributed by atoms with Crippen LogP contribution in [0.4, 0.5) is 10.8 Å². The van der Waals surface area contributed by atoms with Gasteiger partial charge in [0.15, 0.2) is 5.13 Å². The molecule has 2 aromatic carbocycles. The maximum absolute atomic E-state index is 12.4. The molecule has 5 nitrogen and oxygen atoms in total. The largest absolute Gasteiger partial charge is 0.388 e. The molecule has 0 bridgehead atoms. The summed E-state index contributed by atoms with van der Waals surface area (Å²) in [6.07, 6.45) is -7.64. The molecule has 1 atom stereocenters. The summed E-state index contributed by atoms with van der Waals surface area (Å²) in [4.78, 5) is 16.3. The minimum Gasteiger partial charge on any atom is -0.388 e. The van der Waals surface area contributed by atoms with Crippen molar-refractivity contribution in [3.63, 3.8) is 0 Å². The molecule has 0 aliphatic carbocycles. The van der Waals surface area contributed by atoms with Gasteiger partial charge in [-0.3, -0.25) is 4.79 Å². The van der Waals surface area contributed by atoms with E-state index in [1.165, 1.54) is 24.4 Å². The van der Waals surface area contributed by atoms with E-state index in [-0.39, 0.29) is 47.0 Å². The third-order valence-corrected chi connectivity index (χ3v) is 4.56. The molecule has 152 valence electrons. The van der Waals surface area contributed by atoms with Crippen LogP contribution < -0.4 is 11.1 Å². The van der Waals surface area contributed by atoms with Gasteiger partial charge >= 0.3 is 0 Å². The Balaban J connectivity index is 1.66. The second-order valence-corrected chi connectivity index (χ2v) is 7.11. The van der Waals surface area contributed by atoms with Crippen molar-refractivity contribution in [2.75, 3.05) is 11.1 Å². The third kappa shape index (κ3) is 6.69. The summed E-state index contributed by atoms with van der Waals surface area (Å²) in [6, 6.07) is 4.31. The van der Waals surface area contributed by atoms with Gasteiger partial charge in [-0.2, -0.15) is 0 Å². The van der Waals surface area contributed by atoms with Crippen LogP contribution in [0.3, 0.4) is 0 Å². The fraction of sp³-hybridized carbons (Fsp3) is 0.304. The summed E-state index contributed by atoms with van der Waals surface area (Å²) >= 11 is 1.02. The molecule has 0 saturated carbocycles. The van der Waals surface area contributed by atoms with Crippen molar-refractivity contribution >= 4 is 28.1 Å². The Hall–Kier alpha value is -2.70. The molecular weight excluding hydrogens is 382 g/mol. The number of hydrogen-bond acceptors (Lipinski definition) is 5. The number of nitrogens with two attached hydrogens (primary N) is 1. The number of carbonyl (C=O) groups is 1.